The highest BCUT2D eigenvalue weighted by Crippen LogP contribution is 2.34. The van der Waals surface area contributed by atoms with Gasteiger partial charge in [-0.25, -0.2) is 0 Å². The van der Waals surface area contributed by atoms with E-state index in [1.807, 2.05) is 0 Å². The Morgan fingerprint density at radius 3 is 2.35 bits per heavy atom. The smallest absolute Gasteiger partial charge is 0.0192 e. The number of allylic oxidation sites excluding steroid dienone is 2. The van der Waals surface area contributed by atoms with Crippen LogP contribution in [0.1, 0.15) is 55.0 Å². The van der Waals surface area contributed by atoms with Gasteiger partial charge in [-0.05, 0) is 58.6 Å². The molecule has 0 spiro atoms. The second-order valence-corrected chi connectivity index (χ2v) is 7.60. The number of benzene rings is 2. The first kappa shape index (κ1) is 15.8. The van der Waals surface area contributed by atoms with Crippen molar-refractivity contribution in [2.75, 3.05) is 0 Å². The molecule has 3 rings (SSSR count). The predicted octanol–water partition coefficient (Wildman–Crippen LogP) is 6.54. The molecule has 118 valence electrons. The van der Waals surface area contributed by atoms with Gasteiger partial charge < -0.3 is 0 Å². The number of hydrogen-bond acceptors (Lipinski definition) is 0. The third kappa shape index (κ3) is 3.64. The van der Waals surface area contributed by atoms with Crippen LogP contribution in [0.15, 0.2) is 48.5 Å². The van der Waals surface area contributed by atoms with Crippen LogP contribution in [0.2, 0.25) is 0 Å². The van der Waals surface area contributed by atoms with Crippen LogP contribution in [0.3, 0.4) is 0 Å². The molecule has 2 aromatic carbocycles. The maximum Gasteiger partial charge on any atom is -0.0192 e. The minimum atomic E-state index is 0.217. The quantitative estimate of drug-likeness (QED) is 0.590. The van der Waals surface area contributed by atoms with Crippen LogP contribution in [-0.2, 0) is 6.42 Å². The maximum atomic E-state index is 2.38. The van der Waals surface area contributed by atoms with Gasteiger partial charge in [-0.15, -0.1) is 0 Å². The van der Waals surface area contributed by atoms with Crippen molar-refractivity contribution < 1.29 is 0 Å². The SMILES string of the molecule is Cc1ccc2c(c1/C=C\C(C)(C)C)CCC(c1ccccc1)=C2. The topological polar surface area (TPSA) is 0 Å². The zero-order chi connectivity index (χ0) is 16.4. The van der Waals surface area contributed by atoms with Gasteiger partial charge in [-0.2, -0.15) is 0 Å². The molecule has 0 N–H and O–H groups in total. The molecule has 1 aliphatic rings. The summed E-state index contributed by atoms with van der Waals surface area (Å²) in [5, 5.41) is 0. The average molecular weight is 302 g/mol. The zero-order valence-electron chi connectivity index (χ0n) is 14.7. The summed E-state index contributed by atoms with van der Waals surface area (Å²) >= 11 is 0. The van der Waals surface area contributed by atoms with Crippen LogP contribution in [0.25, 0.3) is 17.7 Å². The Hall–Kier alpha value is -2.08. The summed E-state index contributed by atoms with van der Waals surface area (Å²) in [6.07, 6.45) is 9.28. The van der Waals surface area contributed by atoms with Crippen molar-refractivity contribution in [3.63, 3.8) is 0 Å². The second kappa shape index (κ2) is 6.20. The van der Waals surface area contributed by atoms with Crippen molar-refractivity contribution in [2.45, 2.75) is 40.5 Å². The fraction of sp³-hybridized carbons (Fsp3) is 0.304. The summed E-state index contributed by atoms with van der Waals surface area (Å²) < 4.78 is 0. The van der Waals surface area contributed by atoms with Gasteiger partial charge >= 0.3 is 0 Å². The van der Waals surface area contributed by atoms with Crippen LogP contribution in [0.5, 0.6) is 0 Å². The van der Waals surface area contributed by atoms with Gasteiger partial charge in [0.2, 0.25) is 0 Å². The van der Waals surface area contributed by atoms with E-state index in [0.29, 0.717) is 0 Å². The lowest BCUT2D eigenvalue weighted by Gasteiger charge is -2.21. The van der Waals surface area contributed by atoms with Gasteiger partial charge in [-0.1, -0.05) is 81.5 Å². The Balaban J connectivity index is 2.03. The maximum absolute atomic E-state index is 2.38. The first-order valence-corrected chi connectivity index (χ1v) is 8.52. The molecule has 0 heteroatoms. The fourth-order valence-electron chi connectivity index (χ4n) is 3.18. The molecule has 0 bridgehead atoms. The Kier molecular flexibility index (Phi) is 4.26. The molecule has 2 aromatic rings. The Bertz CT molecular complexity index is 753. The molecule has 0 radical (unpaired) electrons. The molecule has 0 aliphatic heterocycles. The molecule has 0 atom stereocenters. The van der Waals surface area contributed by atoms with Crippen molar-refractivity contribution in [1.82, 2.24) is 0 Å². The molecule has 1 aliphatic carbocycles. The van der Waals surface area contributed by atoms with E-state index in [2.05, 4.69) is 88.4 Å². The van der Waals surface area contributed by atoms with Crippen molar-refractivity contribution in [1.29, 1.82) is 0 Å². The fourth-order valence-corrected chi connectivity index (χ4v) is 3.18. The summed E-state index contributed by atoms with van der Waals surface area (Å²) in [7, 11) is 0. The lowest BCUT2D eigenvalue weighted by Crippen LogP contribution is -2.04. The van der Waals surface area contributed by atoms with Crippen molar-refractivity contribution >= 4 is 17.7 Å². The monoisotopic (exact) mass is 302 g/mol. The second-order valence-electron chi connectivity index (χ2n) is 7.60. The molecule has 0 heterocycles. The first-order valence-electron chi connectivity index (χ1n) is 8.52. The molecular formula is C23H26. The number of fused-ring (bicyclic) bond motifs is 1. The van der Waals surface area contributed by atoms with E-state index in [1.54, 1.807) is 0 Å². The van der Waals surface area contributed by atoms with Crippen LogP contribution >= 0.6 is 0 Å². The first-order chi connectivity index (χ1) is 10.9. The van der Waals surface area contributed by atoms with Gasteiger partial charge in [0.25, 0.3) is 0 Å². The molecule has 23 heavy (non-hydrogen) atoms. The van der Waals surface area contributed by atoms with E-state index >= 15 is 0 Å². The van der Waals surface area contributed by atoms with Crippen molar-refractivity contribution in [3.8, 4) is 0 Å². The van der Waals surface area contributed by atoms with Crippen LogP contribution in [-0.4, -0.2) is 0 Å². The zero-order valence-corrected chi connectivity index (χ0v) is 14.7. The largest absolute Gasteiger partial charge is 0.0785 e. The van der Waals surface area contributed by atoms with Crippen molar-refractivity contribution in [2.24, 2.45) is 5.41 Å². The van der Waals surface area contributed by atoms with E-state index in [1.165, 1.54) is 33.4 Å². The summed E-state index contributed by atoms with van der Waals surface area (Å²) in [5.74, 6) is 0. The molecule has 0 aromatic heterocycles. The summed E-state index contributed by atoms with van der Waals surface area (Å²) in [6.45, 7) is 8.98. The predicted molar refractivity (Wildman–Crippen MR) is 102 cm³/mol. The van der Waals surface area contributed by atoms with Gasteiger partial charge in [-0.3, -0.25) is 0 Å². The Morgan fingerprint density at radius 2 is 1.65 bits per heavy atom. The van der Waals surface area contributed by atoms with E-state index < -0.39 is 0 Å². The lowest BCUT2D eigenvalue weighted by molar-refractivity contribution is 0.547. The molecule has 0 saturated heterocycles. The number of aryl methyl sites for hydroxylation is 1. The summed E-state index contributed by atoms with van der Waals surface area (Å²) in [6, 6.07) is 15.3. The third-order valence-electron chi connectivity index (χ3n) is 4.48. The molecule has 0 amide bonds. The van der Waals surface area contributed by atoms with E-state index in [0.717, 1.165) is 12.8 Å². The normalized spacial score (nSPS) is 14.7. The van der Waals surface area contributed by atoms with Gasteiger partial charge in [0.1, 0.15) is 0 Å². The molecule has 0 saturated carbocycles. The Morgan fingerprint density at radius 1 is 0.913 bits per heavy atom. The minimum absolute atomic E-state index is 0.217. The molecule has 0 nitrogen and oxygen atoms in total. The van der Waals surface area contributed by atoms with E-state index in [4.69, 9.17) is 0 Å². The third-order valence-corrected chi connectivity index (χ3v) is 4.48. The van der Waals surface area contributed by atoms with E-state index in [-0.39, 0.29) is 5.41 Å². The van der Waals surface area contributed by atoms with Crippen molar-refractivity contribution in [3.05, 3.63) is 76.4 Å². The average Bonchev–Trinajstić information content (AvgIpc) is 2.53. The molecular weight excluding hydrogens is 276 g/mol. The highest BCUT2D eigenvalue weighted by Gasteiger charge is 2.16. The highest BCUT2D eigenvalue weighted by atomic mass is 14.2. The van der Waals surface area contributed by atoms with Gasteiger partial charge in [0.05, 0.1) is 0 Å². The lowest BCUT2D eigenvalue weighted by atomic mass is 9.84. The van der Waals surface area contributed by atoms with Gasteiger partial charge in [0, 0.05) is 0 Å². The molecule has 0 fully saturated rings. The minimum Gasteiger partial charge on any atom is -0.0785 e. The summed E-state index contributed by atoms with van der Waals surface area (Å²) in [4.78, 5) is 0. The highest BCUT2D eigenvalue weighted by molar-refractivity contribution is 5.86. The van der Waals surface area contributed by atoms with Crippen LogP contribution in [0.4, 0.5) is 0 Å². The Labute approximate surface area is 140 Å². The standard InChI is InChI=1S/C23H26/c1-17-10-11-20-16-19(18-8-6-5-7-9-18)12-13-22(20)21(17)14-15-23(2,3)4/h5-11,14-16H,12-13H2,1-4H3/b15-14-. The van der Waals surface area contributed by atoms with Crippen LogP contribution in [0, 0.1) is 12.3 Å². The van der Waals surface area contributed by atoms with E-state index in [9.17, 15) is 0 Å². The number of rotatable bonds is 2. The molecule has 0 unspecified atom stereocenters. The van der Waals surface area contributed by atoms with Crippen LogP contribution < -0.4 is 0 Å². The number of hydrogen-bond donors (Lipinski definition) is 0. The summed E-state index contributed by atoms with van der Waals surface area (Å²) in [5.41, 5.74) is 8.70. The van der Waals surface area contributed by atoms with Gasteiger partial charge in [0.15, 0.2) is 0 Å².